The summed E-state index contributed by atoms with van der Waals surface area (Å²) in [5.41, 5.74) is 6.54. The zero-order valence-corrected chi connectivity index (χ0v) is 12.6. The van der Waals surface area contributed by atoms with Gasteiger partial charge in [0.2, 0.25) is 0 Å². The third-order valence-corrected chi connectivity index (χ3v) is 3.59. The number of rotatable bonds is 9. The number of amides is 1. The van der Waals surface area contributed by atoms with Crippen molar-refractivity contribution in [2.75, 3.05) is 33.4 Å². The predicted octanol–water partition coefficient (Wildman–Crippen LogP) is 1.41. The Morgan fingerprint density at radius 3 is 2.86 bits per heavy atom. The molecule has 2 rings (SSSR count). The molecule has 1 fully saturated rings. The van der Waals surface area contributed by atoms with Gasteiger partial charge in [0.05, 0.1) is 6.61 Å². The van der Waals surface area contributed by atoms with Crippen molar-refractivity contribution < 1.29 is 14.3 Å². The minimum absolute atomic E-state index is 0.0239. The molecule has 1 aromatic rings. The summed E-state index contributed by atoms with van der Waals surface area (Å²) in [6, 6.07) is 7.50. The van der Waals surface area contributed by atoms with Gasteiger partial charge in [-0.3, -0.25) is 4.79 Å². The zero-order valence-electron chi connectivity index (χ0n) is 12.6. The molecule has 0 unspecified atom stereocenters. The van der Waals surface area contributed by atoms with Crippen molar-refractivity contribution >= 4 is 5.91 Å². The molecule has 1 amide bonds. The predicted molar refractivity (Wildman–Crippen MR) is 81.0 cm³/mol. The Morgan fingerprint density at radius 1 is 1.38 bits per heavy atom. The number of carbonyl (C=O) groups excluding carboxylic acids is 1. The van der Waals surface area contributed by atoms with E-state index in [1.807, 2.05) is 24.3 Å². The van der Waals surface area contributed by atoms with E-state index >= 15 is 0 Å². The molecule has 0 bridgehead atoms. The highest BCUT2D eigenvalue weighted by Crippen LogP contribution is 2.28. The van der Waals surface area contributed by atoms with Crippen LogP contribution in [0, 0.1) is 5.92 Å². The molecular weight excluding hydrogens is 268 g/mol. The second-order valence-electron chi connectivity index (χ2n) is 5.43. The van der Waals surface area contributed by atoms with Crippen LogP contribution in [0.3, 0.4) is 0 Å². The second-order valence-corrected chi connectivity index (χ2v) is 5.43. The Morgan fingerprint density at radius 2 is 2.14 bits per heavy atom. The maximum Gasteiger partial charge on any atom is 0.260 e. The van der Waals surface area contributed by atoms with Crippen LogP contribution in [0.25, 0.3) is 0 Å². The first-order valence-corrected chi connectivity index (χ1v) is 7.43. The van der Waals surface area contributed by atoms with E-state index < -0.39 is 0 Å². The standard InChI is InChI=1S/C16H24N2O3/c1-18(8-9-20-11-13-6-7-13)16(19)12-21-15-5-3-2-4-14(15)10-17/h2-5,13H,6-12,17H2,1H3. The van der Waals surface area contributed by atoms with Gasteiger partial charge in [0.1, 0.15) is 5.75 Å². The van der Waals surface area contributed by atoms with Crippen LogP contribution in [0.4, 0.5) is 0 Å². The summed E-state index contributed by atoms with van der Waals surface area (Å²) in [6.07, 6.45) is 2.56. The molecule has 1 aromatic carbocycles. The van der Waals surface area contributed by atoms with Gasteiger partial charge in [0.25, 0.3) is 5.91 Å². The largest absolute Gasteiger partial charge is 0.483 e. The van der Waals surface area contributed by atoms with E-state index in [1.165, 1.54) is 12.8 Å². The van der Waals surface area contributed by atoms with Crippen molar-refractivity contribution in [3.05, 3.63) is 29.8 Å². The van der Waals surface area contributed by atoms with Gasteiger partial charge in [-0.2, -0.15) is 0 Å². The lowest BCUT2D eigenvalue weighted by Gasteiger charge is -2.18. The number of nitrogens with two attached hydrogens (primary N) is 1. The molecule has 0 aromatic heterocycles. The van der Waals surface area contributed by atoms with Gasteiger partial charge in [-0.25, -0.2) is 0 Å². The molecule has 0 atom stereocenters. The molecule has 2 N–H and O–H groups in total. The molecule has 1 saturated carbocycles. The Bertz CT molecular complexity index is 461. The molecule has 0 aliphatic heterocycles. The number of likely N-dealkylation sites (N-methyl/N-ethyl adjacent to an activating group) is 1. The van der Waals surface area contributed by atoms with Crippen molar-refractivity contribution in [3.63, 3.8) is 0 Å². The van der Waals surface area contributed by atoms with Crippen LogP contribution in [0.15, 0.2) is 24.3 Å². The summed E-state index contributed by atoms with van der Waals surface area (Å²) in [7, 11) is 1.76. The van der Waals surface area contributed by atoms with Gasteiger partial charge in [-0.15, -0.1) is 0 Å². The average Bonchev–Trinajstić information content (AvgIpc) is 3.33. The van der Waals surface area contributed by atoms with Gasteiger partial charge in [-0.1, -0.05) is 18.2 Å². The summed E-state index contributed by atoms with van der Waals surface area (Å²) < 4.78 is 11.1. The van der Waals surface area contributed by atoms with Gasteiger partial charge < -0.3 is 20.1 Å². The highest BCUT2D eigenvalue weighted by atomic mass is 16.5. The third-order valence-electron chi connectivity index (χ3n) is 3.59. The van der Waals surface area contributed by atoms with E-state index in [1.54, 1.807) is 11.9 Å². The van der Waals surface area contributed by atoms with Gasteiger partial charge in [0.15, 0.2) is 6.61 Å². The minimum atomic E-state index is -0.0585. The van der Waals surface area contributed by atoms with E-state index in [2.05, 4.69) is 0 Å². The van der Waals surface area contributed by atoms with Gasteiger partial charge >= 0.3 is 0 Å². The first-order chi connectivity index (χ1) is 10.2. The molecular formula is C16H24N2O3. The fourth-order valence-electron chi connectivity index (χ4n) is 1.92. The fourth-order valence-corrected chi connectivity index (χ4v) is 1.92. The van der Waals surface area contributed by atoms with Crippen molar-refractivity contribution in [1.82, 2.24) is 4.90 Å². The SMILES string of the molecule is CN(CCOCC1CC1)C(=O)COc1ccccc1CN. The molecule has 116 valence electrons. The smallest absolute Gasteiger partial charge is 0.260 e. The Kier molecular flexibility index (Phi) is 6.02. The van der Waals surface area contributed by atoms with Crippen LogP contribution < -0.4 is 10.5 Å². The Labute approximate surface area is 126 Å². The topological polar surface area (TPSA) is 64.8 Å². The van der Waals surface area contributed by atoms with Crippen LogP contribution in [0.2, 0.25) is 0 Å². The molecule has 1 aliphatic rings. The molecule has 0 heterocycles. The van der Waals surface area contributed by atoms with E-state index in [9.17, 15) is 4.79 Å². The Hall–Kier alpha value is -1.59. The number of hydrogen-bond acceptors (Lipinski definition) is 4. The number of carbonyl (C=O) groups is 1. The van der Waals surface area contributed by atoms with Crippen LogP contribution in [0.5, 0.6) is 5.75 Å². The van der Waals surface area contributed by atoms with Crippen molar-refractivity contribution in [1.29, 1.82) is 0 Å². The zero-order chi connectivity index (χ0) is 15.1. The number of para-hydroxylation sites is 1. The minimum Gasteiger partial charge on any atom is -0.483 e. The summed E-state index contributed by atoms with van der Waals surface area (Å²) in [5.74, 6) is 1.37. The van der Waals surface area contributed by atoms with Crippen LogP contribution in [0.1, 0.15) is 18.4 Å². The lowest BCUT2D eigenvalue weighted by molar-refractivity contribution is -0.132. The molecule has 0 saturated heterocycles. The van der Waals surface area contributed by atoms with Crippen molar-refractivity contribution in [2.45, 2.75) is 19.4 Å². The molecule has 0 spiro atoms. The number of hydrogen-bond donors (Lipinski definition) is 1. The van der Waals surface area contributed by atoms with Crippen LogP contribution in [-0.2, 0) is 16.1 Å². The lowest BCUT2D eigenvalue weighted by Crippen LogP contribution is -2.34. The van der Waals surface area contributed by atoms with E-state index in [0.717, 1.165) is 18.1 Å². The number of benzene rings is 1. The third kappa shape index (κ3) is 5.36. The fraction of sp³-hybridized carbons (Fsp3) is 0.562. The molecule has 5 nitrogen and oxygen atoms in total. The van der Waals surface area contributed by atoms with E-state index in [-0.39, 0.29) is 12.5 Å². The monoisotopic (exact) mass is 292 g/mol. The molecule has 0 radical (unpaired) electrons. The summed E-state index contributed by atoms with van der Waals surface area (Å²) >= 11 is 0. The first-order valence-electron chi connectivity index (χ1n) is 7.43. The lowest BCUT2D eigenvalue weighted by atomic mass is 10.2. The first kappa shape index (κ1) is 15.8. The quantitative estimate of drug-likeness (QED) is 0.699. The van der Waals surface area contributed by atoms with Crippen LogP contribution in [-0.4, -0.2) is 44.2 Å². The highest BCUT2D eigenvalue weighted by molar-refractivity contribution is 5.77. The maximum absolute atomic E-state index is 12.0. The molecule has 1 aliphatic carbocycles. The number of ether oxygens (including phenoxy) is 2. The summed E-state index contributed by atoms with van der Waals surface area (Å²) in [4.78, 5) is 13.6. The summed E-state index contributed by atoms with van der Waals surface area (Å²) in [5, 5.41) is 0. The van der Waals surface area contributed by atoms with E-state index in [4.69, 9.17) is 15.2 Å². The van der Waals surface area contributed by atoms with Crippen molar-refractivity contribution in [2.24, 2.45) is 11.7 Å². The number of nitrogens with zero attached hydrogens (tertiary/aromatic N) is 1. The Balaban J connectivity index is 1.67. The second kappa shape index (κ2) is 8.00. The van der Waals surface area contributed by atoms with Crippen LogP contribution >= 0.6 is 0 Å². The normalized spacial score (nSPS) is 14.0. The van der Waals surface area contributed by atoms with Gasteiger partial charge in [-0.05, 0) is 24.8 Å². The highest BCUT2D eigenvalue weighted by Gasteiger charge is 2.21. The van der Waals surface area contributed by atoms with Crippen molar-refractivity contribution in [3.8, 4) is 5.75 Å². The molecule has 21 heavy (non-hydrogen) atoms. The average molecular weight is 292 g/mol. The summed E-state index contributed by atoms with van der Waals surface area (Å²) in [6.45, 7) is 2.42. The maximum atomic E-state index is 12.0. The van der Waals surface area contributed by atoms with E-state index in [0.29, 0.717) is 25.4 Å². The molecule has 5 heteroatoms. The van der Waals surface area contributed by atoms with Gasteiger partial charge in [0, 0.05) is 32.3 Å².